The Morgan fingerprint density at radius 1 is 1.25 bits per heavy atom. The number of nitrogens with two attached hydrogens (primary N) is 1. The van der Waals surface area contributed by atoms with E-state index < -0.39 is 11.7 Å². The molecule has 1 aromatic heterocycles. The third-order valence-corrected chi connectivity index (χ3v) is 2.77. The Balaban J connectivity index is 1.98. The number of aliphatic hydroxyl groups excluding tert-OH is 1. The molecule has 0 saturated heterocycles. The van der Waals surface area contributed by atoms with Crippen LogP contribution in [0.5, 0.6) is 0 Å². The molecule has 0 aliphatic carbocycles. The molecule has 5 N–H and O–H groups in total. The molecule has 1 atom stereocenters. The van der Waals surface area contributed by atoms with Crippen LogP contribution < -0.4 is 22.2 Å². The maximum atomic E-state index is 11.5. The first-order valence-corrected chi connectivity index (χ1v) is 6.13. The Labute approximate surface area is 114 Å². The Morgan fingerprint density at radius 2 is 2.00 bits per heavy atom. The first-order valence-electron chi connectivity index (χ1n) is 6.13. The van der Waals surface area contributed by atoms with E-state index in [0.717, 1.165) is 16.8 Å². The number of nitrogen functional groups attached to an aromatic ring is 1. The highest BCUT2D eigenvalue weighted by Gasteiger charge is 2.07. The molecule has 1 heterocycles. The standard InChI is InChI=1S/C13H16N4O3/c14-10-3-1-2-4-11(10)15-7-9(18)8-17-13(20)6-5-12(19)16-17/h1-6,9,15,18H,7-8,14H2,(H,16,19). The van der Waals surface area contributed by atoms with Crippen LogP contribution in [0.25, 0.3) is 0 Å². The lowest BCUT2D eigenvalue weighted by Gasteiger charge is -2.14. The molecule has 1 unspecified atom stereocenters. The van der Waals surface area contributed by atoms with E-state index in [9.17, 15) is 14.7 Å². The third kappa shape index (κ3) is 3.48. The highest BCUT2D eigenvalue weighted by atomic mass is 16.3. The Hall–Kier alpha value is -2.54. The van der Waals surface area contributed by atoms with Crippen LogP contribution in [0.4, 0.5) is 11.4 Å². The highest BCUT2D eigenvalue weighted by molar-refractivity contribution is 5.65. The number of anilines is 2. The molecule has 0 fully saturated rings. The predicted molar refractivity (Wildman–Crippen MR) is 76.7 cm³/mol. The average molecular weight is 276 g/mol. The molecule has 0 amide bonds. The smallest absolute Gasteiger partial charge is 0.265 e. The number of hydrogen-bond acceptors (Lipinski definition) is 5. The van der Waals surface area contributed by atoms with Gasteiger partial charge in [0.05, 0.1) is 24.0 Å². The molecule has 7 heteroatoms. The van der Waals surface area contributed by atoms with Gasteiger partial charge in [-0.25, -0.2) is 4.68 Å². The maximum absolute atomic E-state index is 11.5. The second-order valence-corrected chi connectivity index (χ2v) is 4.38. The summed E-state index contributed by atoms with van der Waals surface area (Å²) in [4.78, 5) is 22.6. The first-order chi connectivity index (χ1) is 9.56. The van der Waals surface area contributed by atoms with E-state index >= 15 is 0 Å². The number of rotatable bonds is 5. The number of benzene rings is 1. The van der Waals surface area contributed by atoms with Crippen LogP contribution in [0.15, 0.2) is 46.0 Å². The average Bonchev–Trinajstić information content (AvgIpc) is 2.42. The van der Waals surface area contributed by atoms with Crippen LogP contribution in [-0.2, 0) is 6.54 Å². The summed E-state index contributed by atoms with van der Waals surface area (Å²) in [5, 5.41) is 15.2. The Morgan fingerprint density at radius 3 is 2.75 bits per heavy atom. The quantitative estimate of drug-likeness (QED) is 0.555. The minimum Gasteiger partial charge on any atom is -0.397 e. The minimum atomic E-state index is -0.842. The summed E-state index contributed by atoms with van der Waals surface area (Å²) in [6.45, 7) is 0.201. The summed E-state index contributed by atoms with van der Waals surface area (Å²) in [5.41, 5.74) is 6.28. The molecular weight excluding hydrogens is 260 g/mol. The van der Waals surface area contributed by atoms with E-state index in [2.05, 4.69) is 10.4 Å². The Kier molecular flexibility index (Phi) is 4.21. The molecule has 0 spiro atoms. The number of aromatic amines is 1. The molecule has 0 bridgehead atoms. The lowest BCUT2D eigenvalue weighted by atomic mass is 10.2. The molecule has 0 saturated carbocycles. The normalized spacial score (nSPS) is 12.1. The van der Waals surface area contributed by atoms with Crippen LogP contribution in [0.1, 0.15) is 0 Å². The van der Waals surface area contributed by atoms with Crippen molar-refractivity contribution >= 4 is 11.4 Å². The van der Waals surface area contributed by atoms with Crippen molar-refractivity contribution in [3.63, 3.8) is 0 Å². The van der Waals surface area contributed by atoms with E-state index in [1.54, 1.807) is 12.1 Å². The van der Waals surface area contributed by atoms with Crippen LogP contribution in [0.2, 0.25) is 0 Å². The van der Waals surface area contributed by atoms with E-state index in [-0.39, 0.29) is 18.6 Å². The zero-order chi connectivity index (χ0) is 14.5. The molecule has 2 aromatic rings. The molecule has 0 radical (unpaired) electrons. The van der Waals surface area contributed by atoms with Crippen molar-refractivity contribution in [2.45, 2.75) is 12.6 Å². The molecule has 106 valence electrons. The number of para-hydroxylation sites is 2. The van der Waals surface area contributed by atoms with Crippen LogP contribution in [0.3, 0.4) is 0 Å². The van der Waals surface area contributed by atoms with Gasteiger partial charge in [-0.1, -0.05) is 12.1 Å². The topological polar surface area (TPSA) is 113 Å². The van der Waals surface area contributed by atoms with Gasteiger partial charge in [0, 0.05) is 18.7 Å². The fraction of sp³-hybridized carbons (Fsp3) is 0.231. The van der Waals surface area contributed by atoms with Gasteiger partial charge in [-0.3, -0.25) is 14.7 Å². The zero-order valence-electron chi connectivity index (χ0n) is 10.7. The molecular formula is C13H16N4O3. The van der Waals surface area contributed by atoms with E-state index in [4.69, 9.17) is 5.73 Å². The predicted octanol–water partition coefficient (Wildman–Crippen LogP) is -0.408. The molecule has 7 nitrogen and oxygen atoms in total. The zero-order valence-corrected chi connectivity index (χ0v) is 10.7. The molecule has 0 aliphatic heterocycles. The Bertz CT molecular complexity index is 692. The number of aliphatic hydroxyl groups is 1. The summed E-state index contributed by atoms with van der Waals surface area (Å²) in [6, 6.07) is 9.48. The van der Waals surface area contributed by atoms with Crippen molar-refractivity contribution < 1.29 is 5.11 Å². The lowest BCUT2D eigenvalue weighted by molar-refractivity contribution is 0.159. The summed E-state index contributed by atoms with van der Waals surface area (Å²) in [5.74, 6) is 0. The molecule has 0 aliphatic rings. The second-order valence-electron chi connectivity index (χ2n) is 4.38. The van der Waals surface area contributed by atoms with Gasteiger partial charge in [-0.15, -0.1) is 0 Å². The summed E-state index contributed by atoms with van der Waals surface area (Å²) in [6.07, 6.45) is -0.842. The molecule has 20 heavy (non-hydrogen) atoms. The fourth-order valence-electron chi connectivity index (χ4n) is 1.76. The van der Waals surface area contributed by atoms with Gasteiger partial charge < -0.3 is 16.2 Å². The van der Waals surface area contributed by atoms with Gasteiger partial charge in [-0.05, 0) is 12.1 Å². The number of nitrogens with zero attached hydrogens (tertiary/aromatic N) is 1. The fourth-order valence-corrected chi connectivity index (χ4v) is 1.76. The molecule has 1 aromatic carbocycles. The van der Waals surface area contributed by atoms with Crippen molar-refractivity contribution in [1.82, 2.24) is 9.78 Å². The van der Waals surface area contributed by atoms with Crippen molar-refractivity contribution in [2.75, 3.05) is 17.6 Å². The van der Waals surface area contributed by atoms with Crippen LogP contribution in [-0.4, -0.2) is 27.5 Å². The van der Waals surface area contributed by atoms with E-state index in [0.29, 0.717) is 11.4 Å². The largest absolute Gasteiger partial charge is 0.397 e. The van der Waals surface area contributed by atoms with Crippen molar-refractivity contribution in [3.05, 3.63) is 57.1 Å². The SMILES string of the molecule is Nc1ccccc1NCC(O)Cn1[nH]c(=O)ccc1=O. The van der Waals surface area contributed by atoms with Crippen LogP contribution in [0, 0.1) is 0 Å². The minimum absolute atomic E-state index is 0.00531. The molecule has 2 rings (SSSR count). The number of nitrogens with one attached hydrogen (secondary N) is 2. The summed E-state index contributed by atoms with van der Waals surface area (Å²) in [7, 11) is 0. The number of H-pyrrole nitrogens is 1. The third-order valence-electron chi connectivity index (χ3n) is 2.77. The van der Waals surface area contributed by atoms with Gasteiger partial charge in [0.25, 0.3) is 11.1 Å². The van der Waals surface area contributed by atoms with E-state index in [1.807, 2.05) is 12.1 Å². The van der Waals surface area contributed by atoms with Crippen molar-refractivity contribution in [2.24, 2.45) is 0 Å². The first kappa shape index (κ1) is 13.9. The van der Waals surface area contributed by atoms with Gasteiger partial charge >= 0.3 is 0 Å². The van der Waals surface area contributed by atoms with Crippen molar-refractivity contribution in [3.8, 4) is 0 Å². The lowest BCUT2D eigenvalue weighted by Crippen LogP contribution is -2.35. The monoisotopic (exact) mass is 276 g/mol. The summed E-state index contributed by atoms with van der Waals surface area (Å²) < 4.78 is 1.07. The van der Waals surface area contributed by atoms with Crippen molar-refractivity contribution in [1.29, 1.82) is 0 Å². The van der Waals surface area contributed by atoms with Gasteiger partial charge in [-0.2, -0.15) is 0 Å². The maximum Gasteiger partial charge on any atom is 0.265 e. The van der Waals surface area contributed by atoms with Crippen LogP contribution >= 0.6 is 0 Å². The highest BCUT2D eigenvalue weighted by Crippen LogP contribution is 2.16. The number of hydrogen-bond donors (Lipinski definition) is 4. The van der Waals surface area contributed by atoms with E-state index in [1.165, 1.54) is 0 Å². The summed E-state index contributed by atoms with van der Waals surface area (Å²) >= 11 is 0. The van der Waals surface area contributed by atoms with Gasteiger partial charge in [0.2, 0.25) is 0 Å². The number of aromatic nitrogens is 2. The second kappa shape index (κ2) is 6.07. The van der Waals surface area contributed by atoms with Gasteiger partial charge in [0.15, 0.2) is 0 Å². The van der Waals surface area contributed by atoms with Gasteiger partial charge in [0.1, 0.15) is 0 Å².